The number of nitrogens with zero attached hydrogens (tertiary/aromatic N) is 2. The molecule has 0 atom stereocenters. The van der Waals surface area contributed by atoms with Crippen molar-refractivity contribution in [2.45, 2.75) is 13.5 Å². The monoisotopic (exact) mass is 244 g/mol. The second kappa shape index (κ2) is 4.91. The van der Waals surface area contributed by atoms with Crippen molar-refractivity contribution in [1.82, 2.24) is 15.1 Å². The molecule has 0 fully saturated rings. The number of anilines is 1. The molecular weight excluding hydrogens is 228 g/mol. The minimum atomic E-state index is -0.0857. The van der Waals surface area contributed by atoms with Crippen LogP contribution < -0.4 is 5.73 Å². The van der Waals surface area contributed by atoms with Gasteiger partial charge in [0.1, 0.15) is 0 Å². The van der Waals surface area contributed by atoms with E-state index in [2.05, 4.69) is 10.2 Å². The van der Waals surface area contributed by atoms with E-state index in [4.69, 9.17) is 5.73 Å². The van der Waals surface area contributed by atoms with Crippen LogP contribution in [0, 0.1) is 6.92 Å². The standard InChI is InChI=1S/C13H16N4O/c1-9-4-3-5-11(12(9)14)13(18)17(2)8-10-6-15-16-7-10/h3-7H,8,14H2,1-2H3,(H,15,16). The zero-order valence-corrected chi connectivity index (χ0v) is 10.5. The fourth-order valence-electron chi connectivity index (χ4n) is 1.78. The number of carbonyl (C=O) groups is 1. The fourth-order valence-corrected chi connectivity index (χ4v) is 1.78. The highest BCUT2D eigenvalue weighted by molar-refractivity contribution is 5.99. The van der Waals surface area contributed by atoms with Gasteiger partial charge in [-0.3, -0.25) is 9.89 Å². The van der Waals surface area contributed by atoms with Crippen molar-refractivity contribution >= 4 is 11.6 Å². The number of rotatable bonds is 3. The van der Waals surface area contributed by atoms with Gasteiger partial charge in [-0.15, -0.1) is 0 Å². The molecule has 0 bridgehead atoms. The average molecular weight is 244 g/mol. The summed E-state index contributed by atoms with van der Waals surface area (Å²) >= 11 is 0. The van der Waals surface area contributed by atoms with Crippen LogP contribution in [-0.2, 0) is 6.54 Å². The third-order valence-electron chi connectivity index (χ3n) is 2.88. The van der Waals surface area contributed by atoms with Crippen molar-refractivity contribution in [2.24, 2.45) is 0 Å². The lowest BCUT2D eigenvalue weighted by Crippen LogP contribution is -2.27. The Bertz CT molecular complexity index is 548. The van der Waals surface area contributed by atoms with Gasteiger partial charge in [-0.05, 0) is 18.6 Å². The van der Waals surface area contributed by atoms with Gasteiger partial charge in [0.2, 0.25) is 0 Å². The number of aromatic nitrogens is 2. The summed E-state index contributed by atoms with van der Waals surface area (Å²) in [5, 5.41) is 6.57. The zero-order chi connectivity index (χ0) is 13.1. The van der Waals surface area contributed by atoms with Gasteiger partial charge in [0.15, 0.2) is 0 Å². The number of benzene rings is 1. The van der Waals surface area contributed by atoms with E-state index in [9.17, 15) is 4.79 Å². The van der Waals surface area contributed by atoms with E-state index >= 15 is 0 Å². The molecule has 0 unspecified atom stereocenters. The van der Waals surface area contributed by atoms with Crippen LogP contribution in [-0.4, -0.2) is 28.1 Å². The van der Waals surface area contributed by atoms with Crippen LogP contribution in [0.2, 0.25) is 0 Å². The molecule has 5 nitrogen and oxygen atoms in total. The number of H-pyrrole nitrogens is 1. The molecule has 0 radical (unpaired) electrons. The number of carbonyl (C=O) groups excluding carboxylic acids is 1. The lowest BCUT2D eigenvalue weighted by molar-refractivity contribution is 0.0786. The van der Waals surface area contributed by atoms with E-state index in [1.165, 1.54) is 0 Å². The number of amides is 1. The van der Waals surface area contributed by atoms with Gasteiger partial charge in [-0.1, -0.05) is 12.1 Å². The van der Waals surface area contributed by atoms with Crippen molar-refractivity contribution in [1.29, 1.82) is 0 Å². The quantitative estimate of drug-likeness (QED) is 0.805. The molecule has 0 saturated carbocycles. The Morgan fingerprint density at radius 3 is 2.94 bits per heavy atom. The highest BCUT2D eigenvalue weighted by Gasteiger charge is 2.15. The molecule has 1 heterocycles. The summed E-state index contributed by atoms with van der Waals surface area (Å²) in [5.74, 6) is -0.0857. The van der Waals surface area contributed by atoms with Crippen LogP contribution in [0.25, 0.3) is 0 Å². The van der Waals surface area contributed by atoms with Gasteiger partial charge >= 0.3 is 0 Å². The van der Waals surface area contributed by atoms with Gasteiger partial charge in [0.25, 0.3) is 5.91 Å². The second-order valence-electron chi connectivity index (χ2n) is 4.30. The summed E-state index contributed by atoms with van der Waals surface area (Å²) in [6.07, 6.45) is 3.47. The second-order valence-corrected chi connectivity index (χ2v) is 4.30. The van der Waals surface area contributed by atoms with Crippen molar-refractivity contribution in [2.75, 3.05) is 12.8 Å². The largest absolute Gasteiger partial charge is 0.398 e. The summed E-state index contributed by atoms with van der Waals surface area (Å²) in [5.41, 5.74) is 8.88. The molecule has 1 amide bonds. The van der Waals surface area contributed by atoms with Crippen LogP contribution in [0.1, 0.15) is 21.5 Å². The number of para-hydroxylation sites is 1. The zero-order valence-electron chi connectivity index (χ0n) is 10.5. The Morgan fingerprint density at radius 2 is 2.28 bits per heavy atom. The lowest BCUT2D eigenvalue weighted by Gasteiger charge is -2.18. The molecular formula is C13H16N4O. The van der Waals surface area contributed by atoms with E-state index in [-0.39, 0.29) is 5.91 Å². The SMILES string of the molecule is Cc1cccc(C(=O)N(C)Cc2cn[nH]c2)c1N. The van der Waals surface area contributed by atoms with Crippen LogP contribution in [0.4, 0.5) is 5.69 Å². The molecule has 2 rings (SSSR count). The third-order valence-corrected chi connectivity index (χ3v) is 2.88. The minimum absolute atomic E-state index is 0.0857. The molecule has 1 aromatic carbocycles. The molecule has 1 aromatic heterocycles. The molecule has 0 spiro atoms. The Labute approximate surface area is 106 Å². The molecule has 2 aromatic rings. The van der Waals surface area contributed by atoms with Crippen LogP contribution in [0.3, 0.4) is 0 Å². The van der Waals surface area contributed by atoms with Crippen molar-refractivity contribution in [3.63, 3.8) is 0 Å². The van der Waals surface area contributed by atoms with Crippen LogP contribution >= 0.6 is 0 Å². The molecule has 0 aliphatic rings. The van der Waals surface area contributed by atoms with Gasteiger partial charge in [0.05, 0.1) is 11.8 Å². The fraction of sp³-hybridized carbons (Fsp3) is 0.231. The maximum absolute atomic E-state index is 12.3. The van der Waals surface area contributed by atoms with Crippen LogP contribution in [0.5, 0.6) is 0 Å². The molecule has 18 heavy (non-hydrogen) atoms. The average Bonchev–Trinajstić information content (AvgIpc) is 2.84. The third kappa shape index (κ3) is 2.34. The molecule has 0 aliphatic carbocycles. The first-order valence-electron chi connectivity index (χ1n) is 5.68. The highest BCUT2D eigenvalue weighted by atomic mass is 16.2. The Morgan fingerprint density at radius 1 is 1.50 bits per heavy atom. The summed E-state index contributed by atoms with van der Waals surface area (Å²) in [7, 11) is 1.75. The van der Waals surface area contributed by atoms with Crippen molar-refractivity contribution in [3.05, 3.63) is 47.3 Å². The summed E-state index contributed by atoms with van der Waals surface area (Å²) in [4.78, 5) is 13.9. The first-order valence-corrected chi connectivity index (χ1v) is 5.68. The Kier molecular flexibility index (Phi) is 3.32. The molecule has 94 valence electrons. The van der Waals surface area contributed by atoms with E-state index < -0.39 is 0 Å². The maximum Gasteiger partial charge on any atom is 0.255 e. The van der Waals surface area contributed by atoms with E-state index in [0.29, 0.717) is 17.8 Å². The maximum atomic E-state index is 12.3. The number of hydrogen-bond donors (Lipinski definition) is 2. The van der Waals surface area contributed by atoms with Crippen molar-refractivity contribution in [3.8, 4) is 0 Å². The first-order chi connectivity index (χ1) is 8.59. The molecule has 0 aliphatic heterocycles. The Balaban J connectivity index is 2.18. The number of nitrogens with two attached hydrogens (primary N) is 1. The van der Waals surface area contributed by atoms with Gasteiger partial charge < -0.3 is 10.6 Å². The van der Waals surface area contributed by atoms with E-state index in [1.807, 2.05) is 19.1 Å². The van der Waals surface area contributed by atoms with Gasteiger partial charge in [0, 0.05) is 31.0 Å². The highest BCUT2D eigenvalue weighted by Crippen LogP contribution is 2.18. The summed E-state index contributed by atoms with van der Waals surface area (Å²) in [6.45, 7) is 2.39. The number of hydrogen-bond acceptors (Lipinski definition) is 3. The predicted octanol–water partition coefficient (Wildman–Crippen LogP) is 1.57. The van der Waals surface area contributed by atoms with Crippen LogP contribution in [0.15, 0.2) is 30.6 Å². The van der Waals surface area contributed by atoms with Crippen molar-refractivity contribution < 1.29 is 4.79 Å². The first kappa shape index (κ1) is 12.2. The Hall–Kier alpha value is -2.30. The molecule has 3 N–H and O–H groups in total. The number of nitrogen functional groups attached to an aromatic ring is 1. The number of aromatic amines is 1. The summed E-state index contributed by atoms with van der Waals surface area (Å²) < 4.78 is 0. The topological polar surface area (TPSA) is 75.0 Å². The predicted molar refractivity (Wildman–Crippen MR) is 70.0 cm³/mol. The lowest BCUT2D eigenvalue weighted by atomic mass is 10.1. The molecule has 0 saturated heterocycles. The van der Waals surface area contributed by atoms with Gasteiger partial charge in [-0.25, -0.2) is 0 Å². The normalized spacial score (nSPS) is 10.3. The smallest absolute Gasteiger partial charge is 0.255 e. The minimum Gasteiger partial charge on any atom is -0.398 e. The van der Waals surface area contributed by atoms with Gasteiger partial charge in [-0.2, -0.15) is 5.10 Å². The summed E-state index contributed by atoms with van der Waals surface area (Å²) in [6, 6.07) is 5.48. The molecule has 5 heteroatoms. The van der Waals surface area contributed by atoms with E-state index in [1.54, 1.807) is 30.4 Å². The number of aryl methyl sites for hydroxylation is 1. The van der Waals surface area contributed by atoms with E-state index in [0.717, 1.165) is 11.1 Å². The number of nitrogens with one attached hydrogen (secondary N) is 1.